The first-order valence-electron chi connectivity index (χ1n) is 15.6. The Labute approximate surface area is 247 Å². The Morgan fingerprint density at radius 1 is 1.00 bits per heavy atom. The van der Waals surface area contributed by atoms with Crippen LogP contribution in [-0.4, -0.2) is 72.1 Å². The molecular formula is C34H41F2N3O3. The van der Waals surface area contributed by atoms with Crippen molar-refractivity contribution >= 4 is 17.5 Å². The minimum Gasteiger partial charge on any atom is -0.375 e. The molecule has 6 nitrogen and oxygen atoms in total. The van der Waals surface area contributed by atoms with E-state index in [-0.39, 0.29) is 41.8 Å². The Balaban J connectivity index is 1.15. The number of fused-ring (bicyclic) bond motifs is 4. The second kappa shape index (κ2) is 10.1. The molecule has 0 radical (unpaired) electrons. The molecule has 42 heavy (non-hydrogen) atoms. The molecule has 5 atom stereocenters. The maximum absolute atomic E-state index is 15.1. The van der Waals surface area contributed by atoms with Crippen LogP contribution in [-0.2, 0) is 19.7 Å². The van der Waals surface area contributed by atoms with E-state index in [9.17, 15) is 14.0 Å². The molecule has 4 fully saturated rings. The summed E-state index contributed by atoms with van der Waals surface area (Å²) in [7, 11) is 0. The quantitative estimate of drug-likeness (QED) is 0.500. The van der Waals surface area contributed by atoms with Crippen LogP contribution in [0.15, 0.2) is 30.3 Å². The number of anilines is 1. The number of carbonyl (C=O) groups is 2. The Hall–Kier alpha value is -2.84. The van der Waals surface area contributed by atoms with Crippen LogP contribution in [0.25, 0.3) is 0 Å². The van der Waals surface area contributed by atoms with E-state index in [0.717, 1.165) is 30.3 Å². The molecule has 2 aromatic carbocycles. The van der Waals surface area contributed by atoms with Crippen molar-refractivity contribution in [3.8, 4) is 0 Å². The van der Waals surface area contributed by atoms with Gasteiger partial charge in [-0.3, -0.25) is 14.5 Å². The Kier molecular flexibility index (Phi) is 6.74. The zero-order chi connectivity index (χ0) is 29.5. The van der Waals surface area contributed by atoms with Gasteiger partial charge in [0.1, 0.15) is 11.6 Å². The molecule has 8 heteroatoms. The van der Waals surface area contributed by atoms with Gasteiger partial charge in [-0.25, -0.2) is 8.78 Å². The van der Waals surface area contributed by atoms with Crippen LogP contribution in [0.4, 0.5) is 14.5 Å². The summed E-state index contributed by atoms with van der Waals surface area (Å²) < 4.78 is 34.8. The van der Waals surface area contributed by atoms with Gasteiger partial charge in [0.25, 0.3) is 0 Å². The molecule has 0 N–H and O–H groups in total. The number of rotatable bonds is 4. The van der Waals surface area contributed by atoms with Crippen molar-refractivity contribution in [1.82, 2.24) is 9.80 Å². The molecule has 4 heterocycles. The summed E-state index contributed by atoms with van der Waals surface area (Å²) in [5.41, 5.74) is 4.26. The predicted molar refractivity (Wildman–Crippen MR) is 156 cm³/mol. The van der Waals surface area contributed by atoms with Crippen LogP contribution in [0.3, 0.4) is 0 Å². The Morgan fingerprint density at radius 3 is 2.38 bits per heavy atom. The number of piperidine rings is 1. The number of benzene rings is 2. The summed E-state index contributed by atoms with van der Waals surface area (Å²) in [6, 6.07) is 8.66. The number of halogens is 2. The molecule has 7 rings (SSSR count). The van der Waals surface area contributed by atoms with Crippen LogP contribution in [0.5, 0.6) is 0 Å². The van der Waals surface area contributed by atoms with Gasteiger partial charge in [0.2, 0.25) is 11.8 Å². The van der Waals surface area contributed by atoms with Crippen molar-refractivity contribution in [2.45, 2.75) is 95.4 Å². The number of hydrogen-bond acceptors (Lipinski definition) is 4. The summed E-state index contributed by atoms with van der Waals surface area (Å²) in [5, 5.41) is 0. The molecule has 2 unspecified atom stereocenters. The van der Waals surface area contributed by atoms with E-state index in [1.165, 1.54) is 23.3 Å². The van der Waals surface area contributed by atoms with E-state index in [1.807, 2.05) is 9.80 Å². The monoisotopic (exact) mass is 577 g/mol. The van der Waals surface area contributed by atoms with Gasteiger partial charge < -0.3 is 14.5 Å². The number of hydrogen-bond donors (Lipinski definition) is 0. The largest absolute Gasteiger partial charge is 0.375 e. The standard InChI is InChI=1S/C34H41F2N3O3/c1-19(2)39-31-12-21(4)20(3)11-29(31)34(33(39)41)7-9-37(10-8-34)32(40)28-16-23(38-17-25-14-24(38)18-42-25)15-27(28)26-6-5-22(35)13-30(26)36/h5-6,11-13,19,23-25,27-28H,7-10,14-18H2,1-4H3/t23?,24-,25?,27-,28+/m0/s1. The van der Waals surface area contributed by atoms with Crippen LogP contribution >= 0.6 is 0 Å². The maximum atomic E-state index is 15.1. The molecule has 0 aromatic heterocycles. The molecule has 2 bridgehead atoms. The molecule has 4 aliphatic heterocycles. The van der Waals surface area contributed by atoms with E-state index >= 15 is 4.39 Å². The highest BCUT2D eigenvalue weighted by Crippen LogP contribution is 2.51. The van der Waals surface area contributed by atoms with Crippen LogP contribution in [0.1, 0.15) is 74.1 Å². The van der Waals surface area contributed by atoms with E-state index in [4.69, 9.17) is 4.74 Å². The third-order valence-electron chi connectivity index (χ3n) is 11.1. The fourth-order valence-corrected chi connectivity index (χ4v) is 8.76. The van der Waals surface area contributed by atoms with Gasteiger partial charge in [0.15, 0.2) is 0 Å². The predicted octanol–water partition coefficient (Wildman–Crippen LogP) is 5.23. The first kappa shape index (κ1) is 28.0. The van der Waals surface area contributed by atoms with Crippen molar-refractivity contribution < 1.29 is 23.1 Å². The van der Waals surface area contributed by atoms with Crippen LogP contribution < -0.4 is 4.90 Å². The maximum Gasteiger partial charge on any atom is 0.238 e. The topological polar surface area (TPSA) is 53.1 Å². The lowest BCUT2D eigenvalue weighted by Gasteiger charge is -2.40. The van der Waals surface area contributed by atoms with E-state index in [2.05, 4.69) is 44.7 Å². The van der Waals surface area contributed by atoms with E-state index in [0.29, 0.717) is 57.0 Å². The van der Waals surface area contributed by atoms with Crippen LogP contribution in [0.2, 0.25) is 0 Å². The highest BCUT2D eigenvalue weighted by molar-refractivity contribution is 6.09. The van der Waals surface area contributed by atoms with Crippen LogP contribution in [0, 0.1) is 31.4 Å². The number of aryl methyl sites for hydroxylation is 2. The molecule has 224 valence electrons. The number of nitrogens with zero attached hydrogens (tertiary/aromatic N) is 3. The van der Waals surface area contributed by atoms with Gasteiger partial charge in [-0.15, -0.1) is 0 Å². The van der Waals surface area contributed by atoms with Gasteiger partial charge in [-0.2, -0.15) is 0 Å². The summed E-state index contributed by atoms with van der Waals surface area (Å²) in [6.45, 7) is 10.8. The van der Waals surface area contributed by atoms with Gasteiger partial charge in [-0.1, -0.05) is 12.1 Å². The lowest BCUT2D eigenvalue weighted by atomic mass is 9.72. The van der Waals surface area contributed by atoms with Gasteiger partial charge in [0, 0.05) is 55.4 Å². The highest BCUT2D eigenvalue weighted by Gasteiger charge is 2.55. The average Bonchev–Trinajstić information content (AvgIpc) is 3.73. The summed E-state index contributed by atoms with van der Waals surface area (Å²) in [6.07, 6.45) is 3.75. The summed E-state index contributed by atoms with van der Waals surface area (Å²) in [4.78, 5) is 34.6. The lowest BCUT2D eigenvalue weighted by molar-refractivity contribution is -0.139. The second-order valence-electron chi connectivity index (χ2n) is 13.7. The molecule has 1 aliphatic carbocycles. The number of ether oxygens (including phenoxy) is 1. The molecule has 1 spiro atoms. The molecule has 2 amide bonds. The van der Waals surface area contributed by atoms with Crippen molar-refractivity contribution in [3.63, 3.8) is 0 Å². The Bertz CT molecular complexity index is 1440. The lowest BCUT2D eigenvalue weighted by Crippen LogP contribution is -2.52. The van der Waals surface area contributed by atoms with E-state index in [1.54, 1.807) is 0 Å². The highest BCUT2D eigenvalue weighted by atomic mass is 19.1. The normalized spacial score (nSPS) is 30.3. The minimum absolute atomic E-state index is 0.0353. The fourth-order valence-electron chi connectivity index (χ4n) is 8.76. The fraction of sp³-hybridized carbons (Fsp3) is 0.588. The number of amides is 2. The van der Waals surface area contributed by atoms with Gasteiger partial charge in [-0.05, 0) is 100 Å². The number of carbonyl (C=O) groups excluding carboxylic acids is 2. The number of morpholine rings is 1. The van der Waals surface area contributed by atoms with Crippen molar-refractivity contribution in [3.05, 3.63) is 64.2 Å². The van der Waals surface area contributed by atoms with Gasteiger partial charge in [0.05, 0.1) is 18.1 Å². The number of likely N-dealkylation sites (tertiary alicyclic amines) is 2. The van der Waals surface area contributed by atoms with Crippen molar-refractivity contribution in [1.29, 1.82) is 0 Å². The summed E-state index contributed by atoms with van der Waals surface area (Å²) >= 11 is 0. The third-order valence-corrected chi connectivity index (χ3v) is 11.1. The molecule has 1 saturated carbocycles. The molecule has 5 aliphatic rings. The van der Waals surface area contributed by atoms with Crippen molar-refractivity contribution in [2.75, 3.05) is 31.1 Å². The third kappa shape index (κ3) is 4.23. The molecule has 2 aromatic rings. The first-order valence-corrected chi connectivity index (χ1v) is 15.6. The molecule has 3 saturated heterocycles. The smallest absolute Gasteiger partial charge is 0.238 e. The van der Waals surface area contributed by atoms with E-state index < -0.39 is 17.0 Å². The summed E-state index contributed by atoms with van der Waals surface area (Å²) in [5.74, 6) is -1.69. The molecular weight excluding hydrogens is 536 g/mol. The minimum atomic E-state index is -0.621. The zero-order valence-electron chi connectivity index (χ0n) is 25.0. The van der Waals surface area contributed by atoms with Crippen molar-refractivity contribution in [2.24, 2.45) is 5.92 Å². The first-order chi connectivity index (χ1) is 20.1. The zero-order valence-corrected chi connectivity index (χ0v) is 25.0. The average molecular weight is 578 g/mol. The second-order valence-corrected chi connectivity index (χ2v) is 13.7. The Morgan fingerprint density at radius 2 is 1.74 bits per heavy atom. The SMILES string of the molecule is Cc1cc2c(cc1C)C1(CCN(C(=O)[C@@H]3CC(N4CC5C[C@H]4CO5)C[C@H]3c3ccc(F)cc3F)CC1)C(=O)N2C(C)C. The van der Waals surface area contributed by atoms with Gasteiger partial charge >= 0.3 is 0 Å².